The lowest BCUT2D eigenvalue weighted by Crippen LogP contribution is -2.41. The number of hydrogen-bond acceptors (Lipinski definition) is 7. The maximum Gasteiger partial charge on any atom is 0.253 e. The van der Waals surface area contributed by atoms with Gasteiger partial charge in [0.2, 0.25) is 0 Å². The Bertz CT molecular complexity index is 1140. The molecule has 3 atom stereocenters. The molecule has 0 amide bonds. The number of rotatable bonds is 6. The van der Waals surface area contributed by atoms with Crippen LogP contribution in [0.4, 0.5) is 0 Å². The quantitative estimate of drug-likeness (QED) is 0.631. The summed E-state index contributed by atoms with van der Waals surface area (Å²) in [6, 6.07) is 7.31. The molecule has 0 unspecified atom stereocenters. The average molecular weight is 439 g/mol. The minimum absolute atomic E-state index is 0.109. The van der Waals surface area contributed by atoms with Gasteiger partial charge < -0.3 is 14.5 Å². The van der Waals surface area contributed by atoms with Gasteiger partial charge in [0, 0.05) is 29.6 Å². The topological polar surface area (TPSA) is 98.2 Å². The van der Waals surface area contributed by atoms with Crippen LogP contribution in [0.5, 0.6) is 5.75 Å². The number of methoxy groups -OCH3 is 1. The van der Waals surface area contributed by atoms with Gasteiger partial charge in [0.05, 0.1) is 19.8 Å². The predicted molar refractivity (Wildman–Crippen MR) is 120 cm³/mol. The van der Waals surface area contributed by atoms with Crippen LogP contribution in [-0.2, 0) is 11.3 Å². The molecule has 5 rings (SSSR count). The smallest absolute Gasteiger partial charge is 0.253 e. The lowest BCUT2D eigenvalue weighted by molar-refractivity contribution is 0.0889. The molecule has 1 aromatic carbocycles. The molecule has 32 heavy (non-hydrogen) atoms. The van der Waals surface area contributed by atoms with Gasteiger partial charge >= 0.3 is 0 Å². The number of aromatic nitrogens is 5. The lowest BCUT2D eigenvalue weighted by Gasteiger charge is -2.36. The molecule has 0 spiro atoms. The number of tetrazole rings is 1. The molecule has 1 N–H and O–H groups in total. The van der Waals surface area contributed by atoms with Gasteiger partial charge in [-0.15, -0.1) is 5.10 Å². The molecule has 2 aliphatic heterocycles. The van der Waals surface area contributed by atoms with Crippen LogP contribution in [-0.4, -0.2) is 63.0 Å². The van der Waals surface area contributed by atoms with Crippen molar-refractivity contribution >= 4 is 10.9 Å². The highest BCUT2D eigenvalue weighted by Gasteiger charge is 2.33. The molecular formula is C23H30N6O3. The molecule has 0 radical (unpaired) electrons. The van der Waals surface area contributed by atoms with E-state index >= 15 is 0 Å². The molecule has 3 aromatic rings. The molecule has 9 nitrogen and oxygen atoms in total. The van der Waals surface area contributed by atoms with Crippen molar-refractivity contribution in [2.45, 2.75) is 51.3 Å². The fourth-order valence-electron chi connectivity index (χ4n) is 5.01. The van der Waals surface area contributed by atoms with E-state index in [9.17, 15) is 4.79 Å². The summed E-state index contributed by atoms with van der Waals surface area (Å²) in [4.78, 5) is 18.7. The molecule has 2 saturated heterocycles. The van der Waals surface area contributed by atoms with Gasteiger partial charge in [-0.1, -0.05) is 6.92 Å². The van der Waals surface area contributed by atoms with Crippen molar-refractivity contribution in [1.29, 1.82) is 0 Å². The molecule has 2 aromatic heterocycles. The normalized spacial score (nSPS) is 22.9. The Hall–Kier alpha value is -2.78. The van der Waals surface area contributed by atoms with Crippen molar-refractivity contribution in [2.75, 3.05) is 26.8 Å². The van der Waals surface area contributed by atoms with Gasteiger partial charge in [-0.05, 0) is 72.8 Å². The first-order valence-electron chi connectivity index (χ1n) is 11.4. The monoisotopic (exact) mass is 438 g/mol. The summed E-state index contributed by atoms with van der Waals surface area (Å²) in [5.41, 5.74) is 1.32. The van der Waals surface area contributed by atoms with E-state index in [2.05, 4.69) is 32.3 Å². The number of pyridine rings is 1. The number of hydrogen-bond donors (Lipinski definition) is 1. The van der Waals surface area contributed by atoms with Gasteiger partial charge in [0.15, 0.2) is 5.82 Å². The minimum atomic E-state index is -0.325. The fourth-order valence-corrected chi connectivity index (χ4v) is 5.01. The second kappa shape index (κ2) is 8.99. The molecule has 9 heteroatoms. The summed E-state index contributed by atoms with van der Waals surface area (Å²) >= 11 is 0. The van der Waals surface area contributed by atoms with Crippen LogP contribution in [0.1, 0.15) is 50.0 Å². The van der Waals surface area contributed by atoms with E-state index in [1.165, 1.54) is 6.42 Å². The molecule has 2 fully saturated rings. The second-order valence-corrected chi connectivity index (χ2v) is 9.01. The second-order valence-electron chi connectivity index (χ2n) is 9.01. The minimum Gasteiger partial charge on any atom is -0.497 e. The highest BCUT2D eigenvalue weighted by Crippen LogP contribution is 2.31. The number of benzene rings is 1. The third-order valence-corrected chi connectivity index (χ3v) is 6.63. The Morgan fingerprint density at radius 3 is 2.97 bits per heavy atom. The number of fused-ring (bicyclic) bond motifs is 1. The first-order chi connectivity index (χ1) is 15.6. The number of nitrogens with zero attached hydrogens (tertiary/aromatic N) is 5. The van der Waals surface area contributed by atoms with Gasteiger partial charge in [-0.25, -0.2) is 4.68 Å². The Morgan fingerprint density at radius 2 is 2.19 bits per heavy atom. The summed E-state index contributed by atoms with van der Waals surface area (Å²) in [7, 11) is 1.64. The Kier molecular flexibility index (Phi) is 5.93. The first-order valence-corrected chi connectivity index (χ1v) is 11.4. The zero-order valence-corrected chi connectivity index (χ0v) is 18.7. The Balaban J connectivity index is 1.60. The third-order valence-electron chi connectivity index (χ3n) is 6.63. The molecule has 4 heterocycles. The van der Waals surface area contributed by atoms with E-state index in [4.69, 9.17) is 9.47 Å². The van der Waals surface area contributed by atoms with Crippen LogP contribution in [0.3, 0.4) is 0 Å². The van der Waals surface area contributed by atoms with E-state index in [0.717, 1.165) is 55.6 Å². The Labute approximate surface area is 186 Å². The van der Waals surface area contributed by atoms with E-state index in [1.54, 1.807) is 7.11 Å². The number of ether oxygens (including phenoxy) is 2. The van der Waals surface area contributed by atoms with Crippen LogP contribution in [0.25, 0.3) is 10.9 Å². The van der Waals surface area contributed by atoms with Crippen molar-refractivity contribution < 1.29 is 9.47 Å². The fraction of sp³-hybridized carbons (Fsp3) is 0.565. The molecule has 170 valence electrons. The third kappa shape index (κ3) is 4.14. The average Bonchev–Trinajstić information content (AvgIpc) is 3.47. The Morgan fingerprint density at radius 1 is 1.28 bits per heavy atom. The summed E-state index contributed by atoms with van der Waals surface area (Å²) in [6.45, 7) is 5.43. The van der Waals surface area contributed by atoms with E-state index in [-0.39, 0.29) is 17.7 Å². The van der Waals surface area contributed by atoms with E-state index < -0.39 is 0 Å². The number of likely N-dealkylation sites (tertiary alicyclic amines) is 1. The molecule has 2 aliphatic rings. The maximum absolute atomic E-state index is 13.3. The molecular weight excluding hydrogens is 408 g/mol. The number of aromatic amines is 1. The van der Waals surface area contributed by atoms with Crippen LogP contribution >= 0.6 is 0 Å². The van der Waals surface area contributed by atoms with E-state index in [0.29, 0.717) is 23.9 Å². The summed E-state index contributed by atoms with van der Waals surface area (Å²) in [5, 5.41) is 13.6. The molecule has 0 saturated carbocycles. The van der Waals surface area contributed by atoms with Crippen LogP contribution < -0.4 is 10.3 Å². The predicted octanol–water partition coefficient (Wildman–Crippen LogP) is 2.52. The number of H-pyrrole nitrogens is 1. The van der Waals surface area contributed by atoms with Crippen molar-refractivity contribution in [3.63, 3.8) is 0 Å². The van der Waals surface area contributed by atoms with Crippen molar-refractivity contribution in [3.05, 3.63) is 46.0 Å². The first kappa shape index (κ1) is 21.1. The van der Waals surface area contributed by atoms with Crippen molar-refractivity contribution in [2.24, 2.45) is 5.92 Å². The number of piperidine rings is 1. The summed E-state index contributed by atoms with van der Waals surface area (Å²) in [6.07, 6.45) is 4.44. The molecule has 0 aliphatic carbocycles. The van der Waals surface area contributed by atoms with Crippen molar-refractivity contribution in [1.82, 2.24) is 30.1 Å². The number of nitrogens with one attached hydrogen (secondary N) is 1. The van der Waals surface area contributed by atoms with Crippen LogP contribution in [0, 0.1) is 5.92 Å². The van der Waals surface area contributed by atoms with Crippen LogP contribution in [0.15, 0.2) is 29.1 Å². The maximum atomic E-state index is 13.3. The van der Waals surface area contributed by atoms with Gasteiger partial charge in [0.1, 0.15) is 11.8 Å². The molecule has 0 bridgehead atoms. The standard InChI is InChI=1S/C23H30N6O3/c1-15-5-3-9-28(13-15)21(22-25-26-27-29(22)14-18-6-4-10-32-18)19-12-16-11-17(31-2)7-8-20(16)24-23(19)30/h7-8,11-12,15,18,21H,3-6,9-10,13-14H2,1-2H3,(H,24,30)/t15-,18+,21+/m1/s1. The zero-order valence-electron chi connectivity index (χ0n) is 18.7. The lowest BCUT2D eigenvalue weighted by atomic mass is 9.95. The highest BCUT2D eigenvalue weighted by atomic mass is 16.5. The van der Waals surface area contributed by atoms with Crippen molar-refractivity contribution in [3.8, 4) is 5.75 Å². The van der Waals surface area contributed by atoms with E-state index in [1.807, 2.05) is 28.9 Å². The summed E-state index contributed by atoms with van der Waals surface area (Å²) < 4.78 is 13.0. The van der Waals surface area contributed by atoms with Gasteiger partial charge in [-0.2, -0.15) is 0 Å². The largest absolute Gasteiger partial charge is 0.497 e. The van der Waals surface area contributed by atoms with Crippen LogP contribution in [0.2, 0.25) is 0 Å². The SMILES string of the molecule is COc1ccc2[nH]c(=O)c([C@@H](c3nnnn3C[C@@H]3CCCO3)N3CCC[C@@H](C)C3)cc2c1. The summed E-state index contributed by atoms with van der Waals surface area (Å²) in [5.74, 6) is 2.00. The van der Waals surface area contributed by atoms with Gasteiger partial charge in [-0.3, -0.25) is 9.69 Å². The zero-order chi connectivity index (χ0) is 22.1. The highest BCUT2D eigenvalue weighted by molar-refractivity contribution is 5.80. The van der Waals surface area contributed by atoms with Gasteiger partial charge in [0.25, 0.3) is 5.56 Å².